The third-order valence-electron chi connectivity index (χ3n) is 14.2. The maximum atomic E-state index is 16.5. The summed E-state index contributed by atoms with van der Waals surface area (Å²) in [6, 6.07) is 7.68. The maximum absolute atomic E-state index is 16.5. The number of aliphatic imine (C=N–C) groups is 1. The number of cyclic esters (lactones) is 1. The lowest BCUT2D eigenvalue weighted by Gasteiger charge is -2.37. The Morgan fingerprint density at radius 3 is 2.57 bits per heavy atom. The van der Waals surface area contributed by atoms with Gasteiger partial charge in [-0.25, -0.2) is 9.82 Å². The summed E-state index contributed by atoms with van der Waals surface area (Å²) >= 11 is 0. The smallest absolute Gasteiger partial charge is 0.324 e. The van der Waals surface area contributed by atoms with E-state index < -0.39 is 65.4 Å². The number of ether oxygens (including phenoxy) is 2. The number of hydrazine groups is 1. The van der Waals surface area contributed by atoms with Gasteiger partial charge in [-0.3, -0.25) is 34.0 Å². The van der Waals surface area contributed by atoms with Crippen LogP contribution in [0.3, 0.4) is 0 Å². The third kappa shape index (κ3) is 9.79. The number of nitrogens with zero attached hydrogens (tertiary/aromatic N) is 5. The summed E-state index contributed by atoms with van der Waals surface area (Å²) < 4.78 is 30.8. The molecule has 16 nitrogen and oxygen atoms in total. The van der Waals surface area contributed by atoms with Crippen LogP contribution in [0.15, 0.2) is 47.1 Å². The molecule has 3 fully saturated rings. The van der Waals surface area contributed by atoms with Gasteiger partial charge in [-0.15, -0.1) is 0 Å². The molecule has 3 saturated heterocycles. The molecule has 0 saturated carbocycles. The quantitative estimate of drug-likeness (QED) is 0.164. The summed E-state index contributed by atoms with van der Waals surface area (Å²) in [7, 11) is 3.06. The molecular weight excluding hydrogens is 872 g/mol. The predicted octanol–water partition coefficient (Wildman–Crippen LogP) is 4.69. The number of nitrogens with one attached hydrogen (secondary N) is 3. The Bertz CT molecular complexity index is 2550. The SMILES string of the molecule is CCn1c(C2=C([C@H](C)OC)N=CCC2)c2c3cc(ccc31)-c1cc(O)cc(c1)C[C@H](NC(=O)[C@H](C(C)C)N(C)C(=O)[C@@]1(F)CCN(C(=O)[C@H]3CN3)C1)C(=O)N1CCC[C@H](N1)C(=O)OCC(C)(C)C2. The fourth-order valence-corrected chi connectivity index (χ4v) is 10.5. The number of likely N-dealkylation sites (N-methyl/N-ethyl adjacent to an activating group) is 1. The third-order valence-corrected chi connectivity index (χ3v) is 14.2. The van der Waals surface area contributed by atoms with E-state index in [1.54, 1.807) is 33.1 Å². The Balaban J connectivity index is 1.18. The molecule has 4 N–H and O–H groups in total. The number of fused-ring (bicyclic) bond motifs is 6. The molecular formula is C51H67FN8O8. The van der Waals surface area contributed by atoms with Crippen LogP contribution < -0.4 is 16.1 Å². The van der Waals surface area contributed by atoms with Crippen molar-refractivity contribution in [2.24, 2.45) is 16.3 Å². The number of methoxy groups -OCH3 is 1. The highest BCUT2D eigenvalue weighted by molar-refractivity contribution is 5.97. The summed E-state index contributed by atoms with van der Waals surface area (Å²) in [4.78, 5) is 77.3. The number of carbonyl (C=O) groups is 5. The number of likely N-dealkylation sites (tertiary alicyclic amines) is 1. The highest BCUT2D eigenvalue weighted by Gasteiger charge is 2.51. The van der Waals surface area contributed by atoms with Crippen molar-refractivity contribution in [1.82, 2.24) is 35.4 Å². The van der Waals surface area contributed by atoms with Crippen molar-refractivity contribution in [2.75, 3.05) is 46.9 Å². The number of aromatic hydroxyl groups is 1. The molecule has 366 valence electrons. The number of amides is 4. The van der Waals surface area contributed by atoms with E-state index in [1.165, 1.54) is 17.0 Å². The lowest BCUT2D eigenvalue weighted by molar-refractivity contribution is -0.155. The summed E-state index contributed by atoms with van der Waals surface area (Å²) in [5.74, 6) is -3.46. The van der Waals surface area contributed by atoms with Gasteiger partial charge in [-0.2, -0.15) is 0 Å². The molecule has 6 atom stereocenters. The monoisotopic (exact) mass is 939 g/mol. The van der Waals surface area contributed by atoms with Crippen LogP contribution in [0.25, 0.3) is 27.6 Å². The average Bonchev–Trinajstić information content (AvgIpc) is 4.03. The molecule has 2 aromatic carbocycles. The maximum Gasteiger partial charge on any atom is 0.324 e. The summed E-state index contributed by atoms with van der Waals surface area (Å²) in [5.41, 5.74) is 7.37. The molecule has 17 heteroatoms. The first kappa shape index (κ1) is 48.8. The van der Waals surface area contributed by atoms with Crippen LogP contribution in [-0.2, 0) is 52.8 Å². The van der Waals surface area contributed by atoms with Crippen LogP contribution in [0.2, 0.25) is 0 Å². The zero-order valence-corrected chi connectivity index (χ0v) is 40.6. The van der Waals surface area contributed by atoms with Gasteiger partial charge in [0.1, 0.15) is 23.9 Å². The van der Waals surface area contributed by atoms with E-state index in [-0.39, 0.29) is 56.3 Å². The Labute approximate surface area is 397 Å². The molecule has 6 heterocycles. The number of phenols is 1. The first-order chi connectivity index (χ1) is 32.3. The summed E-state index contributed by atoms with van der Waals surface area (Å²) in [5, 5.41) is 19.5. The Kier molecular flexibility index (Phi) is 13.9. The molecule has 1 aromatic heterocycles. The van der Waals surface area contributed by atoms with Crippen molar-refractivity contribution in [3.63, 3.8) is 0 Å². The lowest BCUT2D eigenvalue weighted by Crippen LogP contribution is -2.62. The molecule has 0 radical (unpaired) electrons. The van der Waals surface area contributed by atoms with Gasteiger partial charge in [0.05, 0.1) is 36.7 Å². The van der Waals surface area contributed by atoms with Crippen LogP contribution in [-0.4, -0.2) is 143 Å². The van der Waals surface area contributed by atoms with E-state index >= 15 is 4.39 Å². The van der Waals surface area contributed by atoms with E-state index in [4.69, 9.17) is 14.5 Å². The van der Waals surface area contributed by atoms with E-state index in [0.29, 0.717) is 43.5 Å². The number of hydrogen-bond donors (Lipinski definition) is 4. The number of aryl methyl sites for hydroxylation is 1. The number of phenolic OH excluding ortho intramolecular Hbond substituents is 1. The molecule has 0 unspecified atom stereocenters. The first-order valence-corrected chi connectivity index (χ1v) is 24.1. The Morgan fingerprint density at radius 2 is 1.87 bits per heavy atom. The second-order valence-electron chi connectivity index (χ2n) is 20.4. The number of alkyl halides is 1. The number of benzene rings is 2. The molecule has 5 aliphatic rings. The largest absolute Gasteiger partial charge is 0.508 e. The van der Waals surface area contributed by atoms with Gasteiger partial charge in [-0.05, 0) is 98.4 Å². The van der Waals surface area contributed by atoms with Crippen LogP contribution in [0.4, 0.5) is 4.39 Å². The second kappa shape index (κ2) is 19.4. The standard InChI is InChI=1S/C51H67FN8O8/c1-9-59-41-15-14-32-24-36(41)37(44(59)35-12-10-17-53-42(35)30(4)67-8)25-50(5,6)28-68-48(65)38-13-11-18-60(56-38)47(64)39(22-31-20-33(32)23-34(61)21-31)55-45(62)43(29(2)3)57(7)49(66)51(52)16-19-58(27-51)46(63)40-26-54-40/h14-15,17,20-21,23-24,29-30,38-40,43,54,56,61H,9-13,16,18-19,22,25-28H2,1-8H3,(H,55,62)/t30-,38-,39-,40+,43-,51+/m0/s1. The molecule has 68 heavy (non-hydrogen) atoms. The minimum atomic E-state index is -2.39. The fraction of sp³-hybridized carbons (Fsp3) is 0.569. The lowest BCUT2D eigenvalue weighted by atomic mass is 9.83. The van der Waals surface area contributed by atoms with E-state index in [0.717, 1.165) is 56.7 Å². The molecule has 3 aromatic rings. The van der Waals surface area contributed by atoms with E-state index in [9.17, 15) is 29.1 Å². The van der Waals surface area contributed by atoms with Crippen LogP contribution in [0.1, 0.15) is 90.5 Å². The van der Waals surface area contributed by atoms with Crippen LogP contribution in [0, 0.1) is 11.3 Å². The molecule has 0 spiro atoms. The number of allylic oxidation sites excluding steroid dienone is 1. The zero-order valence-electron chi connectivity index (χ0n) is 40.6. The van der Waals surface area contributed by atoms with Gasteiger partial charge >= 0.3 is 5.97 Å². The number of rotatable bonds is 10. The van der Waals surface area contributed by atoms with Crippen molar-refractivity contribution < 1.29 is 42.9 Å². The van der Waals surface area contributed by atoms with Crippen LogP contribution in [0.5, 0.6) is 5.75 Å². The number of halogens is 1. The fourth-order valence-electron chi connectivity index (χ4n) is 10.5. The normalized spacial score (nSPS) is 25.0. The number of esters is 1. The summed E-state index contributed by atoms with van der Waals surface area (Å²) in [6.07, 6.45) is 4.41. The number of hydrogen-bond acceptors (Lipinski definition) is 11. The van der Waals surface area contributed by atoms with Gasteiger partial charge in [0.15, 0.2) is 0 Å². The van der Waals surface area contributed by atoms with Crippen molar-refractivity contribution in [1.29, 1.82) is 0 Å². The van der Waals surface area contributed by atoms with Crippen molar-refractivity contribution in [3.8, 4) is 16.9 Å². The Morgan fingerprint density at radius 1 is 1.10 bits per heavy atom. The highest BCUT2D eigenvalue weighted by Crippen LogP contribution is 2.42. The van der Waals surface area contributed by atoms with Crippen molar-refractivity contribution >= 4 is 52.3 Å². The average molecular weight is 939 g/mol. The van der Waals surface area contributed by atoms with Crippen molar-refractivity contribution in [3.05, 3.63) is 58.9 Å². The summed E-state index contributed by atoms with van der Waals surface area (Å²) in [6.45, 7) is 12.9. The second-order valence-corrected chi connectivity index (χ2v) is 20.4. The van der Waals surface area contributed by atoms with E-state index in [2.05, 4.69) is 53.5 Å². The Hall–Kier alpha value is -5.65. The number of carbonyl (C=O) groups excluding carboxylic acids is 5. The number of aromatic nitrogens is 1. The van der Waals surface area contributed by atoms with Gasteiger partial charge in [0, 0.05) is 81.3 Å². The van der Waals surface area contributed by atoms with E-state index in [1.807, 2.05) is 25.3 Å². The minimum absolute atomic E-state index is 0.0415. The molecule has 4 amide bonds. The molecule has 8 rings (SSSR count). The van der Waals surface area contributed by atoms with Crippen LogP contribution >= 0.6 is 0 Å². The predicted molar refractivity (Wildman–Crippen MR) is 256 cm³/mol. The zero-order chi connectivity index (χ0) is 48.8. The minimum Gasteiger partial charge on any atom is -0.508 e. The molecule has 5 aliphatic heterocycles. The van der Waals surface area contributed by atoms with Gasteiger partial charge in [0.25, 0.3) is 11.8 Å². The topological polar surface area (TPSA) is 197 Å². The van der Waals surface area contributed by atoms with Crippen molar-refractivity contribution in [2.45, 2.75) is 129 Å². The first-order valence-electron chi connectivity index (χ1n) is 24.1. The highest BCUT2D eigenvalue weighted by atomic mass is 19.1. The van der Waals surface area contributed by atoms with Gasteiger partial charge < -0.3 is 39.6 Å². The van der Waals surface area contributed by atoms with Gasteiger partial charge in [-0.1, -0.05) is 39.8 Å². The van der Waals surface area contributed by atoms with Gasteiger partial charge in [0.2, 0.25) is 17.5 Å². The molecule has 6 bridgehead atoms. The molecule has 0 aliphatic carbocycles.